The van der Waals surface area contributed by atoms with Gasteiger partial charge in [-0.05, 0) is 44.1 Å². The van der Waals surface area contributed by atoms with E-state index in [9.17, 15) is 4.79 Å². The highest BCUT2D eigenvalue weighted by molar-refractivity contribution is 5.80. The minimum absolute atomic E-state index is 0.0483. The van der Waals surface area contributed by atoms with Crippen molar-refractivity contribution in [3.05, 3.63) is 48.0 Å². The van der Waals surface area contributed by atoms with Gasteiger partial charge in [0, 0.05) is 31.0 Å². The molecule has 0 spiro atoms. The van der Waals surface area contributed by atoms with Crippen molar-refractivity contribution in [2.75, 3.05) is 13.6 Å². The number of hydrogen-bond donors (Lipinski definition) is 3. The molecule has 1 aromatic carbocycles. The Morgan fingerprint density at radius 2 is 1.89 bits per heavy atom. The lowest BCUT2D eigenvalue weighted by atomic mass is 9.68. The maximum atomic E-state index is 12.6. The first-order valence-electron chi connectivity index (χ1n) is 10.1. The molecule has 0 bridgehead atoms. The van der Waals surface area contributed by atoms with Crippen LogP contribution in [0.2, 0.25) is 0 Å². The van der Waals surface area contributed by atoms with Gasteiger partial charge in [-0.1, -0.05) is 42.5 Å². The predicted molar refractivity (Wildman–Crippen MR) is 110 cm³/mol. The third-order valence-electron chi connectivity index (χ3n) is 6.05. The summed E-state index contributed by atoms with van der Waals surface area (Å²) in [4.78, 5) is 16.3. The van der Waals surface area contributed by atoms with Crippen molar-refractivity contribution < 1.29 is 4.79 Å². The second-order valence-corrected chi connectivity index (χ2v) is 7.73. The second-order valence-electron chi connectivity index (χ2n) is 7.73. The number of nitrogens with zero attached hydrogens (tertiary/aromatic N) is 2. The van der Waals surface area contributed by atoms with Crippen LogP contribution in [0.1, 0.15) is 44.1 Å². The first-order chi connectivity index (χ1) is 13.7. The van der Waals surface area contributed by atoms with E-state index in [1.807, 2.05) is 12.3 Å². The lowest BCUT2D eigenvalue weighted by molar-refractivity contribution is -0.125. The molecule has 3 rings (SSSR count). The van der Waals surface area contributed by atoms with Crippen LogP contribution in [-0.2, 0) is 10.2 Å². The van der Waals surface area contributed by atoms with E-state index in [-0.39, 0.29) is 23.3 Å². The molecule has 28 heavy (non-hydrogen) atoms. The molecular weight excluding hydrogens is 350 g/mol. The van der Waals surface area contributed by atoms with Crippen molar-refractivity contribution in [1.82, 2.24) is 16.0 Å². The van der Waals surface area contributed by atoms with Crippen LogP contribution in [0, 0.1) is 17.4 Å². The summed E-state index contributed by atoms with van der Waals surface area (Å²) >= 11 is 0. The normalized spacial score (nSPS) is 25.1. The highest BCUT2D eigenvalue weighted by Crippen LogP contribution is 2.39. The number of guanidine groups is 1. The van der Waals surface area contributed by atoms with E-state index in [1.165, 1.54) is 5.56 Å². The Morgan fingerprint density at radius 3 is 2.50 bits per heavy atom. The number of nitriles is 1. The summed E-state index contributed by atoms with van der Waals surface area (Å²) in [5, 5.41) is 18.3. The molecule has 0 unspecified atom stereocenters. The highest BCUT2D eigenvalue weighted by Gasteiger charge is 2.37. The second kappa shape index (κ2) is 9.41. The van der Waals surface area contributed by atoms with Crippen LogP contribution in [0.3, 0.4) is 0 Å². The van der Waals surface area contributed by atoms with Gasteiger partial charge in [0.2, 0.25) is 18.1 Å². The number of amides is 1. The largest absolute Gasteiger partial charge is 0.359 e. The van der Waals surface area contributed by atoms with Crippen LogP contribution in [0.25, 0.3) is 0 Å². The molecule has 0 atom stereocenters. The van der Waals surface area contributed by atoms with Crippen molar-refractivity contribution in [2.45, 2.75) is 50.0 Å². The van der Waals surface area contributed by atoms with E-state index in [0.29, 0.717) is 12.5 Å². The molecule has 1 amide bonds. The van der Waals surface area contributed by atoms with Gasteiger partial charge in [0.05, 0.1) is 0 Å². The first kappa shape index (κ1) is 19.9. The zero-order valence-electron chi connectivity index (χ0n) is 16.4. The molecule has 0 heterocycles. The van der Waals surface area contributed by atoms with Crippen molar-refractivity contribution in [3.8, 4) is 6.19 Å². The number of allylic oxidation sites excluding steroid dienone is 2. The molecule has 6 heteroatoms. The number of carbonyl (C=O) groups excluding carboxylic acids is 1. The summed E-state index contributed by atoms with van der Waals surface area (Å²) in [6.45, 7) is 0.671. The fraction of sp³-hybridized carbons (Fsp3) is 0.500. The number of benzene rings is 1. The summed E-state index contributed by atoms with van der Waals surface area (Å²) in [6.07, 6.45) is 11.6. The van der Waals surface area contributed by atoms with Gasteiger partial charge in [0.15, 0.2) is 0 Å². The first-order valence-corrected chi connectivity index (χ1v) is 10.1. The minimum atomic E-state index is -0.0483. The fourth-order valence-corrected chi connectivity index (χ4v) is 4.31. The Hall–Kier alpha value is -2.81. The number of carbonyl (C=O) groups is 1. The Bertz CT molecular complexity index is 749. The standard InChI is InChI=1S/C22H29N5O/c1-24-21(26-16-23)27-19-11-13-22(14-12-19,18-9-3-2-4-10-18)15-25-20(28)17-7-5-6-8-17/h2-6,9-10,17,19H,7-8,11-15H2,1H3,(H,25,28)(H2,24,26,27)/t19-,22-. The smallest absolute Gasteiger partial charge is 0.223 e. The number of rotatable bonds is 5. The lowest BCUT2D eigenvalue weighted by Crippen LogP contribution is -2.49. The van der Waals surface area contributed by atoms with Crippen LogP contribution >= 0.6 is 0 Å². The number of aliphatic imine (C=N–C) groups is 1. The Balaban J connectivity index is 1.67. The van der Waals surface area contributed by atoms with Crippen LogP contribution in [-0.4, -0.2) is 31.5 Å². The van der Waals surface area contributed by atoms with Crippen LogP contribution in [0.15, 0.2) is 47.5 Å². The minimum Gasteiger partial charge on any atom is -0.359 e. The third kappa shape index (κ3) is 4.72. The average Bonchev–Trinajstić information content (AvgIpc) is 3.28. The molecule has 1 saturated carbocycles. The average molecular weight is 380 g/mol. The molecule has 0 radical (unpaired) electrons. The van der Waals surface area contributed by atoms with E-state index in [2.05, 4.69) is 57.4 Å². The van der Waals surface area contributed by atoms with E-state index in [1.54, 1.807) is 7.05 Å². The zero-order valence-corrected chi connectivity index (χ0v) is 16.4. The summed E-state index contributed by atoms with van der Waals surface area (Å²) in [5.41, 5.74) is 1.24. The van der Waals surface area contributed by atoms with Gasteiger partial charge in [-0.15, -0.1) is 4.99 Å². The topological polar surface area (TPSA) is 89.3 Å². The summed E-state index contributed by atoms with van der Waals surface area (Å²) in [5.74, 6) is 0.770. The maximum Gasteiger partial charge on any atom is 0.223 e. The van der Waals surface area contributed by atoms with Gasteiger partial charge in [-0.25, -0.2) is 0 Å². The van der Waals surface area contributed by atoms with Gasteiger partial charge in [0.1, 0.15) is 0 Å². The summed E-state index contributed by atoms with van der Waals surface area (Å²) in [7, 11) is 1.76. The third-order valence-corrected chi connectivity index (χ3v) is 6.05. The molecule has 148 valence electrons. The van der Waals surface area contributed by atoms with Crippen LogP contribution in [0.5, 0.6) is 0 Å². The van der Waals surface area contributed by atoms with E-state index >= 15 is 0 Å². The molecule has 1 aromatic rings. The molecule has 2 aliphatic carbocycles. The van der Waals surface area contributed by atoms with Crippen molar-refractivity contribution in [2.24, 2.45) is 10.9 Å². The predicted octanol–water partition coefficient (Wildman–Crippen LogP) is 2.60. The molecule has 0 aliphatic heterocycles. The molecule has 1 fully saturated rings. The number of nitrogens with one attached hydrogen (secondary N) is 3. The summed E-state index contributed by atoms with van der Waals surface area (Å²) < 4.78 is 0. The van der Waals surface area contributed by atoms with Crippen LogP contribution < -0.4 is 16.0 Å². The fourth-order valence-electron chi connectivity index (χ4n) is 4.31. The van der Waals surface area contributed by atoms with Crippen molar-refractivity contribution in [1.29, 1.82) is 5.26 Å². The van der Waals surface area contributed by atoms with Crippen LogP contribution in [0.4, 0.5) is 0 Å². The molecule has 6 nitrogen and oxygen atoms in total. The molecule has 3 N–H and O–H groups in total. The SMILES string of the molecule is CN/C(=N\C#N)N[C@H]1CC[C@](CNC(=O)C2CC=CC2)(c2ccccc2)CC1. The van der Waals surface area contributed by atoms with Gasteiger partial charge in [0.25, 0.3) is 0 Å². The van der Waals surface area contributed by atoms with Gasteiger partial charge in [-0.3, -0.25) is 4.79 Å². The van der Waals surface area contributed by atoms with Crippen molar-refractivity contribution >= 4 is 11.9 Å². The maximum absolute atomic E-state index is 12.6. The molecule has 2 aliphatic rings. The molecule has 0 aromatic heterocycles. The van der Waals surface area contributed by atoms with Gasteiger partial charge < -0.3 is 16.0 Å². The van der Waals surface area contributed by atoms with Crippen molar-refractivity contribution in [3.63, 3.8) is 0 Å². The Morgan fingerprint density at radius 1 is 1.21 bits per heavy atom. The van der Waals surface area contributed by atoms with E-state index in [0.717, 1.165) is 38.5 Å². The van der Waals surface area contributed by atoms with Gasteiger partial charge in [-0.2, -0.15) is 5.26 Å². The molecule has 0 saturated heterocycles. The quantitative estimate of drug-likeness (QED) is 0.317. The Kier molecular flexibility index (Phi) is 6.70. The number of hydrogen-bond acceptors (Lipinski definition) is 3. The lowest BCUT2D eigenvalue weighted by Gasteiger charge is -2.41. The van der Waals surface area contributed by atoms with Gasteiger partial charge >= 0.3 is 0 Å². The highest BCUT2D eigenvalue weighted by atomic mass is 16.1. The molecular formula is C22H29N5O. The zero-order chi connectivity index (χ0) is 19.8. The Labute approximate surface area is 167 Å². The van der Waals surface area contributed by atoms with E-state index in [4.69, 9.17) is 5.26 Å². The summed E-state index contributed by atoms with van der Waals surface area (Å²) in [6, 6.07) is 10.8. The monoisotopic (exact) mass is 379 g/mol. The van der Waals surface area contributed by atoms with E-state index < -0.39 is 0 Å².